The standard InChI is InChI=1S/C17H19BrO/c1-13(2)16-12-15(18)8-9-17(16)19-11-10-14-6-4-3-5-7-14/h3-9,12-13H,10-11H2,1-2H3. The van der Waals surface area contributed by atoms with Crippen LogP contribution in [-0.4, -0.2) is 6.61 Å². The van der Waals surface area contributed by atoms with E-state index in [1.165, 1.54) is 11.1 Å². The van der Waals surface area contributed by atoms with Crippen LogP contribution in [0.3, 0.4) is 0 Å². The molecule has 2 aromatic rings. The van der Waals surface area contributed by atoms with E-state index in [-0.39, 0.29) is 0 Å². The summed E-state index contributed by atoms with van der Waals surface area (Å²) in [6.45, 7) is 5.09. The Bertz CT molecular complexity index is 520. The Labute approximate surface area is 123 Å². The van der Waals surface area contributed by atoms with Crippen LogP contribution in [0, 0.1) is 0 Å². The lowest BCUT2D eigenvalue weighted by Crippen LogP contribution is -2.04. The van der Waals surface area contributed by atoms with Crippen LogP contribution >= 0.6 is 15.9 Å². The average molecular weight is 319 g/mol. The van der Waals surface area contributed by atoms with Crippen molar-refractivity contribution in [2.24, 2.45) is 0 Å². The lowest BCUT2D eigenvalue weighted by atomic mass is 10.0. The van der Waals surface area contributed by atoms with Gasteiger partial charge in [0.1, 0.15) is 5.75 Å². The van der Waals surface area contributed by atoms with Gasteiger partial charge in [-0.2, -0.15) is 0 Å². The highest BCUT2D eigenvalue weighted by atomic mass is 79.9. The molecule has 0 bridgehead atoms. The second kappa shape index (κ2) is 6.76. The van der Waals surface area contributed by atoms with Crippen LogP contribution in [0.1, 0.15) is 30.9 Å². The maximum atomic E-state index is 5.94. The average Bonchev–Trinajstić information content (AvgIpc) is 2.41. The van der Waals surface area contributed by atoms with Crippen LogP contribution in [0.15, 0.2) is 53.0 Å². The third-order valence-corrected chi connectivity index (χ3v) is 3.58. The van der Waals surface area contributed by atoms with Gasteiger partial charge in [0.2, 0.25) is 0 Å². The second-order valence-electron chi connectivity index (χ2n) is 4.92. The lowest BCUT2D eigenvalue weighted by molar-refractivity contribution is 0.317. The van der Waals surface area contributed by atoms with Gasteiger partial charge in [0.05, 0.1) is 6.61 Å². The molecule has 0 aliphatic heterocycles. The third kappa shape index (κ3) is 4.10. The van der Waals surface area contributed by atoms with E-state index >= 15 is 0 Å². The molecular formula is C17H19BrO. The van der Waals surface area contributed by atoms with Crippen molar-refractivity contribution in [2.75, 3.05) is 6.61 Å². The normalized spacial score (nSPS) is 10.7. The largest absolute Gasteiger partial charge is 0.493 e. The molecule has 0 aromatic heterocycles. The van der Waals surface area contributed by atoms with Crippen molar-refractivity contribution in [3.63, 3.8) is 0 Å². The molecule has 2 heteroatoms. The molecule has 0 atom stereocenters. The van der Waals surface area contributed by atoms with Gasteiger partial charge in [0.25, 0.3) is 0 Å². The van der Waals surface area contributed by atoms with E-state index in [1.807, 2.05) is 18.2 Å². The molecule has 0 fully saturated rings. The first kappa shape index (κ1) is 14.1. The van der Waals surface area contributed by atoms with Gasteiger partial charge in [-0.3, -0.25) is 0 Å². The molecule has 0 aliphatic rings. The Morgan fingerprint density at radius 2 is 1.79 bits per heavy atom. The predicted molar refractivity (Wildman–Crippen MR) is 83.9 cm³/mol. The molecule has 1 nitrogen and oxygen atoms in total. The molecule has 0 N–H and O–H groups in total. The summed E-state index contributed by atoms with van der Waals surface area (Å²) in [6, 6.07) is 16.7. The first-order valence-electron chi connectivity index (χ1n) is 6.63. The van der Waals surface area contributed by atoms with Crippen molar-refractivity contribution in [1.29, 1.82) is 0 Å². The Hall–Kier alpha value is -1.28. The van der Waals surface area contributed by atoms with Crippen molar-refractivity contribution in [1.82, 2.24) is 0 Å². The molecule has 0 heterocycles. The minimum absolute atomic E-state index is 0.462. The number of hydrogen-bond acceptors (Lipinski definition) is 1. The molecule has 0 spiro atoms. The van der Waals surface area contributed by atoms with Crippen molar-refractivity contribution >= 4 is 15.9 Å². The smallest absolute Gasteiger partial charge is 0.122 e. The van der Waals surface area contributed by atoms with E-state index in [0.717, 1.165) is 16.6 Å². The lowest BCUT2D eigenvalue weighted by Gasteiger charge is -2.14. The van der Waals surface area contributed by atoms with Gasteiger partial charge in [0, 0.05) is 10.9 Å². The van der Waals surface area contributed by atoms with E-state index in [4.69, 9.17) is 4.74 Å². The van der Waals surface area contributed by atoms with Gasteiger partial charge in [-0.1, -0.05) is 60.1 Å². The van der Waals surface area contributed by atoms with Crippen molar-refractivity contribution in [3.05, 3.63) is 64.1 Å². The fraction of sp³-hybridized carbons (Fsp3) is 0.294. The summed E-state index contributed by atoms with van der Waals surface area (Å²) in [4.78, 5) is 0. The third-order valence-electron chi connectivity index (χ3n) is 3.08. The van der Waals surface area contributed by atoms with Gasteiger partial charge in [-0.15, -0.1) is 0 Å². The number of ether oxygens (including phenoxy) is 1. The van der Waals surface area contributed by atoms with Gasteiger partial charge in [-0.25, -0.2) is 0 Å². The monoisotopic (exact) mass is 318 g/mol. The molecule has 19 heavy (non-hydrogen) atoms. The topological polar surface area (TPSA) is 9.23 Å². The van der Waals surface area contributed by atoms with Crippen molar-refractivity contribution in [3.8, 4) is 5.75 Å². The molecule has 0 saturated carbocycles. The SMILES string of the molecule is CC(C)c1cc(Br)ccc1OCCc1ccccc1. The van der Waals surface area contributed by atoms with E-state index in [9.17, 15) is 0 Å². The predicted octanol–water partition coefficient (Wildman–Crippen LogP) is 5.19. The van der Waals surface area contributed by atoms with E-state index < -0.39 is 0 Å². The molecule has 0 radical (unpaired) electrons. The Morgan fingerprint density at radius 3 is 2.47 bits per heavy atom. The summed E-state index contributed by atoms with van der Waals surface area (Å²) in [5.41, 5.74) is 2.56. The highest BCUT2D eigenvalue weighted by Crippen LogP contribution is 2.29. The molecule has 0 aliphatic carbocycles. The molecule has 0 amide bonds. The molecule has 0 unspecified atom stereocenters. The maximum absolute atomic E-state index is 5.94. The maximum Gasteiger partial charge on any atom is 0.122 e. The van der Waals surface area contributed by atoms with Crippen molar-refractivity contribution < 1.29 is 4.74 Å². The fourth-order valence-corrected chi connectivity index (χ4v) is 2.40. The molecule has 100 valence electrons. The van der Waals surface area contributed by atoms with Crippen LogP contribution in [0.2, 0.25) is 0 Å². The Kier molecular flexibility index (Phi) is 5.03. The summed E-state index contributed by atoms with van der Waals surface area (Å²) in [7, 11) is 0. The fourth-order valence-electron chi connectivity index (χ4n) is 2.03. The van der Waals surface area contributed by atoms with Gasteiger partial charge in [-0.05, 0) is 35.2 Å². The summed E-state index contributed by atoms with van der Waals surface area (Å²) in [6.07, 6.45) is 0.939. The Morgan fingerprint density at radius 1 is 1.05 bits per heavy atom. The zero-order valence-electron chi connectivity index (χ0n) is 11.4. The summed E-state index contributed by atoms with van der Waals surface area (Å²) < 4.78 is 7.04. The highest BCUT2D eigenvalue weighted by molar-refractivity contribution is 9.10. The number of benzene rings is 2. The minimum Gasteiger partial charge on any atom is -0.493 e. The summed E-state index contributed by atoms with van der Waals surface area (Å²) in [5, 5.41) is 0. The zero-order valence-corrected chi connectivity index (χ0v) is 13.0. The molecule has 2 rings (SSSR count). The molecule has 0 saturated heterocycles. The van der Waals surface area contributed by atoms with Crippen LogP contribution in [0.5, 0.6) is 5.75 Å². The first-order valence-corrected chi connectivity index (χ1v) is 7.42. The second-order valence-corrected chi connectivity index (χ2v) is 5.84. The van der Waals surface area contributed by atoms with Crippen LogP contribution in [0.25, 0.3) is 0 Å². The number of halogens is 1. The first-order chi connectivity index (χ1) is 9.16. The van der Waals surface area contributed by atoms with Gasteiger partial charge >= 0.3 is 0 Å². The number of rotatable bonds is 5. The van der Waals surface area contributed by atoms with Crippen LogP contribution in [0.4, 0.5) is 0 Å². The summed E-state index contributed by atoms with van der Waals surface area (Å²) >= 11 is 3.51. The van der Waals surface area contributed by atoms with Crippen molar-refractivity contribution in [2.45, 2.75) is 26.2 Å². The van der Waals surface area contributed by atoms with Gasteiger partial charge < -0.3 is 4.74 Å². The van der Waals surface area contributed by atoms with Gasteiger partial charge in [0.15, 0.2) is 0 Å². The molecule has 2 aromatic carbocycles. The highest BCUT2D eigenvalue weighted by Gasteiger charge is 2.08. The Balaban J connectivity index is 2.00. The zero-order chi connectivity index (χ0) is 13.7. The van der Waals surface area contributed by atoms with E-state index in [0.29, 0.717) is 12.5 Å². The van der Waals surface area contributed by atoms with E-state index in [2.05, 4.69) is 60.1 Å². The van der Waals surface area contributed by atoms with Crippen LogP contribution in [-0.2, 0) is 6.42 Å². The summed E-state index contributed by atoms with van der Waals surface area (Å²) in [5.74, 6) is 1.46. The minimum atomic E-state index is 0.462. The molecular weight excluding hydrogens is 300 g/mol. The van der Waals surface area contributed by atoms with E-state index in [1.54, 1.807) is 0 Å². The quantitative estimate of drug-likeness (QED) is 0.736. The number of hydrogen-bond donors (Lipinski definition) is 0. The van der Waals surface area contributed by atoms with Crippen LogP contribution < -0.4 is 4.74 Å².